The topological polar surface area (TPSA) is 32.3 Å². The van der Waals surface area contributed by atoms with Crippen LogP contribution in [0.3, 0.4) is 0 Å². The molecule has 102 valence electrons. The first kappa shape index (κ1) is 12.5. The number of rotatable bonds is 2. The van der Waals surface area contributed by atoms with Gasteiger partial charge >= 0.3 is 0 Å². The van der Waals surface area contributed by atoms with E-state index in [4.69, 9.17) is 0 Å². The van der Waals surface area contributed by atoms with Crippen molar-refractivity contribution in [2.45, 2.75) is 38.5 Å². The summed E-state index contributed by atoms with van der Waals surface area (Å²) in [7, 11) is 0. The molecule has 1 saturated heterocycles. The third kappa shape index (κ3) is 2.02. The quantitative estimate of drug-likeness (QED) is 0.890. The second-order valence-electron chi connectivity index (χ2n) is 5.48. The molecule has 5 heteroatoms. The summed E-state index contributed by atoms with van der Waals surface area (Å²) in [6, 6.07) is 3.33. The van der Waals surface area contributed by atoms with Crippen molar-refractivity contribution in [3.05, 3.63) is 35.4 Å². The van der Waals surface area contributed by atoms with Crippen LogP contribution in [0.4, 0.5) is 8.78 Å². The Morgan fingerprint density at radius 3 is 2.58 bits per heavy atom. The van der Waals surface area contributed by atoms with Crippen LogP contribution >= 0.6 is 0 Å². The maximum Gasteiger partial charge on any atom is 0.241 e. The van der Waals surface area contributed by atoms with Gasteiger partial charge in [0, 0.05) is 17.7 Å². The Morgan fingerprint density at radius 1 is 1.32 bits per heavy atom. The maximum atomic E-state index is 13.9. The number of hydrogen-bond donors (Lipinski definition) is 1. The Kier molecular flexibility index (Phi) is 2.82. The van der Waals surface area contributed by atoms with E-state index in [1.165, 1.54) is 12.1 Å². The minimum atomic E-state index is -0.613. The number of carbonyl (C=O) groups is 1. The van der Waals surface area contributed by atoms with E-state index >= 15 is 0 Å². The summed E-state index contributed by atoms with van der Waals surface area (Å²) in [5, 5.41) is 3.09. The maximum absolute atomic E-state index is 13.9. The van der Waals surface area contributed by atoms with Crippen LogP contribution in [0.1, 0.15) is 32.0 Å². The molecular formula is C14H16F2N2O. The molecule has 2 fully saturated rings. The SMILES string of the molecule is CC1NC(c2ccc(F)cc2F)N(C2CC2C)C1=O. The standard InChI is InChI=1S/C14H16F2N2O/c1-7-5-12(7)18-13(17-8(2)14(18)19)10-4-3-9(15)6-11(10)16/h3-4,6-8,12-13,17H,5H2,1-2H3. The van der Waals surface area contributed by atoms with Gasteiger partial charge in [-0.2, -0.15) is 0 Å². The molecule has 1 aromatic carbocycles. The molecule has 2 aliphatic rings. The number of benzene rings is 1. The molecule has 0 spiro atoms. The molecular weight excluding hydrogens is 250 g/mol. The van der Waals surface area contributed by atoms with Crippen molar-refractivity contribution >= 4 is 5.91 Å². The third-order valence-corrected chi connectivity index (χ3v) is 3.99. The van der Waals surface area contributed by atoms with Crippen LogP contribution in [0.25, 0.3) is 0 Å². The second kappa shape index (κ2) is 4.27. The highest BCUT2D eigenvalue weighted by Gasteiger charge is 2.49. The summed E-state index contributed by atoms with van der Waals surface area (Å²) in [5.74, 6) is -0.784. The zero-order valence-corrected chi connectivity index (χ0v) is 10.9. The van der Waals surface area contributed by atoms with Crippen LogP contribution in [0.5, 0.6) is 0 Å². The van der Waals surface area contributed by atoms with Gasteiger partial charge in [-0.1, -0.05) is 6.92 Å². The first-order valence-electron chi connectivity index (χ1n) is 6.52. The lowest BCUT2D eigenvalue weighted by Gasteiger charge is -2.25. The lowest BCUT2D eigenvalue weighted by Crippen LogP contribution is -2.34. The monoisotopic (exact) mass is 266 g/mol. The number of nitrogens with one attached hydrogen (secondary N) is 1. The number of nitrogens with zero attached hydrogens (tertiary/aromatic N) is 1. The predicted octanol–water partition coefficient (Wildman–Crippen LogP) is 2.19. The molecule has 0 aromatic heterocycles. The van der Waals surface area contributed by atoms with E-state index in [2.05, 4.69) is 12.2 Å². The molecule has 0 radical (unpaired) electrons. The van der Waals surface area contributed by atoms with Crippen molar-refractivity contribution in [3.63, 3.8) is 0 Å². The van der Waals surface area contributed by atoms with E-state index in [1.54, 1.807) is 11.8 Å². The van der Waals surface area contributed by atoms with Crippen molar-refractivity contribution in [2.24, 2.45) is 5.92 Å². The van der Waals surface area contributed by atoms with Crippen LogP contribution in [0.2, 0.25) is 0 Å². The van der Waals surface area contributed by atoms with Crippen LogP contribution in [-0.4, -0.2) is 22.9 Å². The Morgan fingerprint density at radius 2 is 2.00 bits per heavy atom. The summed E-state index contributed by atoms with van der Waals surface area (Å²) >= 11 is 0. The van der Waals surface area contributed by atoms with Gasteiger partial charge < -0.3 is 4.90 Å². The zero-order valence-electron chi connectivity index (χ0n) is 10.9. The number of amides is 1. The molecule has 1 amide bonds. The normalized spacial score (nSPS) is 33.9. The van der Waals surface area contributed by atoms with Gasteiger partial charge in [-0.15, -0.1) is 0 Å². The van der Waals surface area contributed by atoms with Crippen LogP contribution < -0.4 is 5.32 Å². The van der Waals surface area contributed by atoms with Crippen molar-refractivity contribution in [2.75, 3.05) is 0 Å². The molecule has 1 heterocycles. The van der Waals surface area contributed by atoms with Gasteiger partial charge in [-0.25, -0.2) is 8.78 Å². The highest BCUT2D eigenvalue weighted by molar-refractivity contribution is 5.84. The summed E-state index contributed by atoms with van der Waals surface area (Å²) in [6.45, 7) is 3.84. The molecule has 1 aliphatic carbocycles. The van der Waals surface area contributed by atoms with Crippen LogP contribution in [-0.2, 0) is 4.79 Å². The number of hydrogen-bond acceptors (Lipinski definition) is 2. The van der Waals surface area contributed by atoms with Gasteiger partial charge in [0.25, 0.3) is 0 Å². The lowest BCUT2D eigenvalue weighted by molar-refractivity contribution is -0.130. The smallest absolute Gasteiger partial charge is 0.241 e. The van der Waals surface area contributed by atoms with Crippen LogP contribution in [0.15, 0.2) is 18.2 Å². The molecule has 3 nitrogen and oxygen atoms in total. The fourth-order valence-corrected chi connectivity index (χ4v) is 2.75. The van der Waals surface area contributed by atoms with Crippen molar-refractivity contribution in [3.8, 4) is 0 Å². The molecule has 1 aromatic rings. The van der Waals surface area contributed by atoms with Crippen molar-refractivity contribution in [1.29, 1.82) is 0 Å². The highest BCUT2D eigenvalue weighted by atomic mass is 19.1. The van der Waals surface area contributed by atoms with E-state index in [0.29, 0.717) is 11.5 Å². The van der Waals surface area contributed by atoms with Crippen molar-refractivity contribution in [1.82, 2.24) is 10.2 Å². The lowest BCUT2D eigenvalue weighted by atomic mass is 10.1. The molecule has 4 atom stereocenters. The first-order chi connectivity index (χ1) is 8.99. The summed E-state index contributed by atoms with van der Waals surface area (Å²) in [5.41, 5.74) is 0.332. The molecule has 19 heavy (non-hydrogen) atoms. The fourth-order valence-electron chi connectivity index (χ4n) is 2.75. The third-order valence-electron chi connectivity index (χ3n) is 3.99. The Bertz CT molecular complexity index is 534. The molecule has 4 unspecified atom stereocenters. The average molecular weight is 266 g/mol. The number of carbonyl (C=O) groups excluding carboxylic acids is 1. The Balaban J connectivity index is 1.96. The molecule has 0 bridgehead atoms. The predicted molar refractivity (Wildman–Crippen MR) is 66.1 cm³/mol. The molecule has 1 N–H and O–H groups in total. The second-order valence-corrected chi connectivity index (χ2v) is 5.48. The van der Waals surface area contributed by atoms with E-state index in [-0.39, 0.29) is 18.0 Å². The summed E-state index contributed by atoms with van der Waals surface area (Å²) in [6.07, 6.45) is 0.456. The number of halogens is 2. The van der Waals surface area contributed by atoms with Crippen LogP contribution in [0, 0.1) is 17.6 Å². The van der Waals surface area contributed by atoms with E-state index < -0.39 is 17.8 Å². The largest absolute Gasteiger partial charge is 0.318 e. The Hall–Kier alpha value is -1.49. The zero-order chi connectivity index (χ0) is 13.7. The van der Waals surface area contributed by atoms with Gasteiger partial charge in [-0.3, -0.25) is 10.1 Å². The molecule has 1 saturated carbocycles. The van der Waals surface area contributed by atoms with Gasteiger partial charge in [0.05, 0.1) is 6.04 Å². The minimum Gasteiger partial charge on any atom is -0.318 e. The van der Waals surface area contributed by atoms with E-state index in [0.717, 1.165) is 12.5 Å². The minimum absolute atomic E-state index is 0.0110. The highest BCUT2D eigenvalue weighted by Crippen LogP contribution is 2.42. The van der Waals surface area contributed by atoms with Gasteiger partial charge in [-0.05, 0) is 31.4 Å². The average Bonchev–Trinajstić information content (AvgIpc) is 2.97. The van der Waals surface area contributed by atoms with Crippen molar-refractivity contribution < 1.29 is 13.6 Å². The van der Waals surface area contributed by atoms with E-state index in [9.17, 15) is 13.6 Å². The van der Waals surface area contributed by atoms with Gasteiger partial charge in [0.2, 0.25) is 5.91 Å². The van der Waals surface area contributed by atoms with E-state index in [1.807, 2.05) is 0 Å². The molecule has 1 aliphatic heterocycles. The summed E-state index contributed by atoms with van der Waals surface area (Å²) < 4.78 is 26.9. The first-order valence-corrected chi connectivity index (χ1v) is 6.52. The Labute approximate surface area is 110 Å². The fraction of sp³-hybridized carbons (Fsp3) is 0.500. The molecule has 3 rings (SSSR count). The summed E-state index contributed by atoms with van der Waals surface area (Å²) in [4.78, 5) is 13.9. The van der Waals surface area contributed by atoms with Gasteiger partial charge in [0.1, 0.15) is 17.8 Å². The van der Waals surface area contributed by atoms with Gasteiger partial charge in [0.15, 0.2) is 0 Å².